The number of nitrogens with zero attached hydrogens (tertiary/aromatic N) is 3. The van der Waals surface area contributed by atoms with Gasteiger partial charge in [-0.25, -0.2) is 4.79 Å². The molecule has 1 fully saturated rings. The molecule has 5 nitrogen and oxygen atoms in total. The minimum absolute atomic E-state index is 0.106. The zero-order valence-corrected chi connectivity index (χ0v) is 15.1. The van der Waals surface area contributed by atoms with Crippen molar-refractivity contribution in [2.24, 2.45) is 0 Å². The van der Waals surface area contributed by atoms with E-state index in [0.29, 0.717) is 23.4 Å². The number of hydrogen-bond donors (Lipinski definition) is 1. The van der Waals surface area contributed by atoms with Gasteiger partial charge < -0.3 is 10.0 Å². The van der Waals surface area contributed by atoms with E-state index in [-0.39, 0.29) is 18.2 Å². The van der Waals surface area contributed by atoms with E-state index in [2.05, 4.69) is 4.98 Å². The van der Waals surface area contributed by atoms with Crippen molar-refractivity contribution in [2.75, 3.05) is 18.1 Å². The normalized spacial score (nSPS) is 17.0. The SMILES string of the molecule is Cc1ccccc1-n1c(=O)nc(N2CCC2CO)c2ccc(C(F)(F)F)cc21. The first-order chi connectivity index (χ1) is 13.3. The van der Waals surface area contributed by atoms with Crippen molar-refractivity contribution >= 4 is 16.7 Å². The highest BCUT2D eigenvalue weighted by Gasteiger charge is 2.33. The van der Waals surface area contributed by atoms with Crippen LogP contribution < -0.4 is 10.6 Å². The number of alkyl halides is 3. The molecule has 1 atom stereocenters. The smallest absolute Gasteiger partial charge is 0.394 e. The predicted octanol–water partition coefficient (Wildman–Crippen LogP) is 3.28. The summed E-state index contributed by atoms with van der Waals surface area (Å²) in [5.74, 6) is 0.309. The maximum absolute atomic E-state index is 13.3. The molecule has 0 spiro atoms. The van der Waals surface area contributed by atoms with Gasteiger partial charge in [0, 0.05) is 11.9 Å². The monoisotopic (exact) mass is 389 g/mol. The molecule has 4 rings (SSSR count). The average molecular weight is 389 g/mol. The molecule has 28 heavy (non-hydrogen) atoms. The lowest BCUT2D eigenvalue weighted by molar-refractivity contribution is -0.137. The third-order valence-electron chi connectivity index (χ3n) is 5.18. The fourth-order valence-corrected chi connectivity index (χ4v) is 3.56. The summed E-state index contributed by atoms with van der Waals surface area (Å²) in [7, 11) is 0. The predicted molar refractivity (Wildman–Crippen MR) is 99.9 cm³/mol. The molecule has 1 saturated heterocycles. The minimum atomic E-state index is -4.53. The summed E-state index contributed by atoms with van der Waals surface area (Å²) in [6.45, 7) is 2.26. The lowest BCUT2D eigenvalue weighted by Crippen LogP contribution is -2.51. The molecule has 1 aliphatic rings. The van der Waals surface area contributed by atoms with Crippen molar-refractivity contribution in [2.45, 2.75) is 25.6 Å². The summed E-state index contributed by atoms with van der Waals surface area (Å²) in [6, 6.07) is 10.1. The molecule has 1 unspecified atom stereocenters. The number of aliphatic hydroxyl groups is 1. The van der Waals surface area contributed by atoms with Crippen molar-refractivity contribution in [3.05, 3.63) is 64.1 Å². The number of fused-ring (bicyclic) bond motifs is 1. The van der Waals surface area contributed by atoms with Gasteiger partial charge in [0.1, 0.15) is 5.82 Å². The molecular formula is C20H18F3N3O2. The second kappa shape index (κ2) is 6.63. The molecule has 0 bridgehead atoms. The zero-order chi connectivity index (χ0) is 20.1. The first-order valence-electron chi connectivity index (χ1n) is 8.89. The van der Waals surface area contributed by atoms with E-state index in [4.69, 9.17) is 0 Å². The highest BCUT2D eigenvalue weighted by Crippen LogP contribution is 2.36. The van der Waals surface area contributed by atoms with Crippen LogP contribution >= 0.6 is 0 Å². The van der Waals surface area contributed by atoms with Crippen LogP contribution in [0.3, 0.4) is 0 Å². The van der Waals surface area contributed by atoms with E-state index in [1.54, 1.807) is 36.1 Å². The second-order valence-electron chi connectivity index (χ2n) is 6.89. The third-order valence-corrected chi connectivity index (χ3v) is 5.18. The molecule has 3 aromatic rings. The van der Waals surface area contributed by atoms with Crippen LogP contribution in [0.5, 0.6) is 0 Å². The zero-order valence-electron chi connectivity index (χ0n) is 15.1. The van der Waals surface area contributed by atoms with Crippen molar-refractivity contribution in [1.29, 1.82) is 0 Å². The summed E-state index contributed by atoms with van der Waals surface area (Å²) in [5, 5.41) is 9.92. The number of para-hydroxylation sites is 1. The Labute approximate surface area is 158 Å². The number of aromatic nitrogens is 2. The van der Waals surface area contributed by atoms with Gasteiger partial charge in [0.05, 0.1) is 29.4 Å². The van der Waals surface area contributed by atoms with Crippen LogP contribution in [0, 0.1) is 6.92 Å². The second-order valence-corrected chi connectivity index (χ2v) is 6.89. The van der Waals surface area contributed by atoms with Crippen molar-refractivity contribution in [1.82, 2.24) is 9.55 Å². The number of halogens is 3. The van der Waals surface area contributed by atoms with E-state index in [9.17, 15) is 23.1 Å². The molecular weight excluding hydrogens is 371 g/mol. The van der Waals surface area contributed by atoms with E-state index < -0.39 is 17.4 Å². The fourth-order valence-electron chi connectivity index (χ4n) is 3.56. The van der Waals surface area contributed by atoms with Gasteiger partial charge in [-0.05, 0) is 43.2 Å². The van der Waals surface area contributed by atoms with Crippen molar-refractivity contribution in [3.63, 3.8) is 0 Å². The van der Waals surface area contributed by atoms with Gasteiger partial charge in [0.25, 0.3) is 0 Å². The lowest BCUT2D eigenvalue weighted by Gasteiger charge is -2.41. The van der Waals surface area contributed by atoms with Crippen molar-refractivity contribution < 1.29 is 18.3 Å². The van der Waals surface area contributed by atoms with Gasteiger partial charge in [-0.15, -0.1) is 0 Å². The van der Waals surface area contributed by atoms with Gasteiger partial charge in [0.15, 0.2) is 0 Å². The number of benzene rings is 2. The summed E-state index contributed by atoms with van der Waals surface area (Å²) < 4.78 is 41.2. The molecule has 0 saturated carbocycles. The van der Waals surface area contributed by atoms with Crippen LogP contribution in [-0.4, -0.2) is 33.9 Å². The summed E-state index contributed by atoms with van der Waals surface area (Å²) in [4.78, 5) is 18.8. The lowest BCUT2D eigenvalue weighted by atomic mass is 10.0. The van der Waals surface area contributed by atoms with Crippen LogP contribution in [0.25, 0.3) is 16.6 Å². The van der Waals surface area contributed by atoms with Gasteiger partial charge in [-0.3, -0.25) is 4.57 Å². The molecule has 0 radical (unpaired) electrons. The van der Waals surface area contributed by atoms with E-state index in [0.717, 1.165) is 24.1 Å². The summed E-state index contributed by atoms with van der Waals surface area (Å²) in [5.41, 5.74) is -0.114. The van der Waals surface area contributed by atoms with Crippen LogP contribution in [-0.2, 0) is 6.18 Å². The van der Waals surface area contributed by atoms with E-state index in [1.807, 2.05) is 0 Å². The van der Waals surface area contributed by atoms with Crippen molar-refractivity contribution in [3.8, 4) is 5.69 Å². The summed E-state index contributed by atoms with van der Waals surface area (Å²) in [6.07, 6.45) is -3.80. The van der Waals surface area contributed by atoms with Crippen LogP contribution in [0.15, 0.2) is 47.3 Å². The minimum Gasteiger partial charge on any atom is -0.394 e. The quantitative estimate of drug-likeness (QED) is 0.747. The Morgan fingerprint density at radius 3 is 2.57 bits per heavy atom. The first kappa shape index (κ1) is 18.5. The van der Waals surface area contributed by atoms with E-state index in [1.165, 1.54) is 10.6 Å². The largest absolute Gasteiger partial charge is 0.416 e. The summed E-state index contributed by atoms with van der Waals surface area (Å²) >= 11 is 0. The Morgan fingerprint density at radius 2 is 1.96 bits per heavy atom. The highest BCUT2D eigenvalue weighted by molar-refractivity contribution is 5.92. The molecule has 8 heteroatoms. The number of anilines is 1. The van der Waals surface area contributed by atoms with Crippen LogP contribution in [0.2, 0.25) is 0 Å². The molecule has 0 amide bonds. The molecule has 1 aromatic heterocycles. The number of aliphatic hydroxyl groups excluding tert-OH is 1. The van der Waals surface area contributed by atoms with Crippen LogP contribution in [0.4, 0.5) is 19.0 Å². The molecule has 1 aliphatic heterocycles. The fraction of sp³-hybridized carbons (Fsp3) is 0.300. The number of aryl methyl sites for hydroxylation is 1. The molecule has 2 aromatic carbocycles. The van der Waals surface area contributed by atoms with Crippen LogP contribution in [0.1, 0.15) is 17.5 Å². The standard InChI is InChI=1S/C20H18F3N3O2/c1-12-4-2-3-5-16(12)26-17-10-13(20(21,22)23)6-7-15(17)18(24-19(26)28)25-9-8-14(25)11-27/h2-7,10,14,27H,8-9,11H2,1H3. The Balaban J connectivity index is 2.05. The van der Waals surface area contributed by atoms with Gasteiger partial charge in [-0.2, -0.15) is 18.2 Å². The molecule has 2 heterocycles. The number of rotatable bonds is 3. The maximum atomic E-state index is 13.3. The van der Waals surface area contributed by atoms with E-state index >= 15 is 0 Å². The Hall–Kier alpha value is -2.87. The molecule has 1 N–H and O–H groups in total. The number of hydrogen-bond acceptors (Lipinski definition) is 4. The molecule has 146 valence electrons. The Bertz CT molecular complexity index is 1110. The Morgan fingerprint density at radius 1 is 1.21 bits per heavy atom. The topological polar surface area (TPSA) is 58.4 Å². The van der Waals surface area contributed by atoms with Gasteiger partial charge >= 0.3 is 11.9 Å². The first-order valence-corrected chi connectivity index (χ1v) is 8.89. The third kappa shape index (κ3) is 2.93. The Kier molecular flexibility index (Phi) is 4.38. The molecule has 0 aliphatic carbocycles. The average Bonchev–Trinajstić information content (AvgIpc) is 2.61. The maximum Gasteiger partial charge on any atom is 0.416 e. The van der Waals surface area contributed by atoms with Gasteiger partial charge in [-0.1, -0.05) is 18.2 Å². The highest BCUT2D eigenvalue weighted by atomic mass is 19.4. The van der Waals surface area contributed by atoms with Gasteiger partial charge in [0.2, 0.25) is 0 Å².